The standard InChI is InChI=1S/C41H45N7O7S/c1-23(2)55-33-21-31-34(20-29(33)36(50)42-30-5-4-14-45(3)41(30)54)56-38(43-31)25-12-15-46(16-13-25)22-24-10-17-47(18-11-24)26-6-7-27-28(19-26)40(53)48(39(27)52)32-8-9-35(49)44-37(32)51/h4-7,14,19-21,23-25,32H,8-13,15-18,22H2,1-3H3,(H,42,50)(H,44,49,51). The molecule has 14 nitrogen and oxygen atoms in total. The van der Waals surface area contributed by atoms with Gasteiger partial charge in [0.15, 0.2) is 0 Å². The van der Waals surface area contributed by atoms with Crippen molar-refractivity contribution >= 4 is 62.5 Å². The second kappa shape index (κ2) is 15.3. The lowest BCUT2D eigenvalue weighted by molar-refractivity contribution is -0.136. The van der Waals surface area contributed by atoms with Crippen LogP contribution in [0.4, 0.5) is 11.4 Å². The normalized spacial score (nSPS) is 19.9. The van der Waals surface area contributed by atoms with Crippen LogP contribution in [0.25, 0.3) is 10.2 Å². The minimum atomic E-state index is -0.975. The van der Waals surface area contributed by atoms with Crippen LogP contribution >= 0.6 is 11.3 Å². The first-order valence-corrected chi connectivity index (χ1v) is 20.2. The van der Waals surface area contributed by atoms with Gasteiger partial charge in [0.2, 0.25) is 11.8 Å². The summed E-state index contributed by atoms with van der Waals surface area (Å²) in [7, 11) is 1.64. The Kier molecular flexibility index (Phi) is 10.2. The van der Waals surface area contributed by atoms with Gasteiger partial charge in [-0.3, -0.25) is 39.0 Å². The fourth-order valence-electron chi connectivity index (χ4n) is 8.32. The van der Waals surface area contributed by atoms with Gasteiger partial charge in [0.1, 0.15) is 17.5 Å². The minimum Gasteiger partial charge on any atom is -0.490 e. The van der Waals surface area contributed by atoms with Crippen LogP contribution in [0.5, 0.6) is 5.75 Å². The van der Waals surface area contributed by atoms with Crippen LogP contribution in [0.2, 0.25) is 0 Å². The lowest BCUT2D eigenvalue weighted by atomic mass is 9.92. The highest BCUT2D eigenvalue weighted by molar-refractivity contribution is 7.18. The van der Waals surface area contributed by atoms with Crippen molar-refractivity contribution in [1.82, 2.24) is 24.7 Å². The molecule has 3 fully saturated rings. The molecule has 2 aromatic heterocycles. The molecule has 292 valence electrons. The van der Waals surface area contributed by atoms with Gasteiger partial charge >= 0.3 is 0 Å². The summed E-state index contributed by atoms with van der Waals surface area (Å²) >= 11 is 1.62. The molecule has 0 saturated carbocycles. The quantitative estimate of drug-likeness (QED) is 0.231. The fourth-order valence-corrected chi connectivity index (χ4v) is 9.47. The van der Waals surface area contributed by atoms with E-state index in [1.165, 1.54) is 4.57 Å². The molecule has 2 aromatic carbocycles. The molecule has 4 aliphatic heterocycles. The topological polar surface area (TPSA) is 163 Å². The van der Waals surface area contributed by atoms with E-state index in [4.69, 9.17) is 9.72 Å². The summed E-state index contributed by atoms with van der Waals surface area (Å²) in [5.41, 5.74) is 2.57. The van der Waals surface area contributed by atoms with Crippen molar-refractivity contribution in [1.29, 1.82) is 0 Å². The van der Waals surface area contributed by atoms with Crippen LogP contribution in [-0.2, 0) is 16.6 Å². The van der Waals surface area contributed by atoms with Gasteiger partial charge in [0.25, 0.3) is 23.3 Å². The fraction of sp³-hybridized carbons (Fsp3) is 0.439. The Balaban J connectivity index is 0.861. The SMILES string of the molecule is CC(C)Oc1cc2nc(C3CCN(CC4CCN(c5ccc6c(c5)C(=O)N(C5CCC(=O)NC5=O)C6=O)CC4)CC3)sc2cc1C(=O)Nc1cccn(C)c1=O. The number of carbonyl (C=O) groups is 5. The van der Waals surface area contributed by atoms with Crippen molar-refractivity contribution < 1.29 is 28.7 Å². The van der Waals surface area contributed by atoms with Crippen molar-refractivity contribution in [3.63, 3.8) is 0 Å². The Morgan fingerprint density at radius 3 is 2.43 bits per heavy atom. The molecular weight excluding hydrogens is 735 g/mol. The number of anilines is 2. The highest BCUT2D eigenvalue weighted by Gasteiger charge is 2.45. The third-order valence-corrected chi connectivity index (χ3v) is 12.5. The van der Waals surface area contributed by atoms with Gasteiger partial charge in [-0.15, -0.1) is 11.3 Å². The molecule has 5 amide bonds. The lowest BCUT2D eigenvalue weighted by Crippen LogP contribution is -2.54. The first-order chi connectivity index (χ1) is 26.9. The molecule has 15 heteroatoms. The number of benzene rings is 2. The monoisotopic (exact) mass is 779 g/mol. The maximum absolute atomic E-state index is 13.5. The molecule has 0 bridgehead atoms. The number of fused-ring (bicyclic) bond motifs is 2. The van der Waals surface area contributed by atoms with E-state index < -0.39 is 35.6 Å². The number of thiazole rings is 1. The number of ether oxygens (including phenoxy) is 1. The average molecular weight is 780 g/mol. The number of hydrogen-bond acceptors (Lipinski definition) is 11. The van der Waals surface area contributed by atoms with Crippen LogP contribution in [0.3, 0.4) is 0 Å². The van der Waals surface area contributed by atoms with Crippen LogP contribution < -0.4 is 25.8 Å². The van der Waals surface area contributed by atoms with E-state index in [1.54, 1.807) is 48.8 Å². The summed E-state index contributed by atoms with van der Waals surface area (Å²) in [6.07, 6.45) is 5.73. The molecule has 2 N–H and O–H groups in total. The molecule has 6 heterocycles. The number of pyridine rings is 1. The zero-order valence-corrected chi connectivity index (χ0v) is 32.5. The molecule has 56 heavy (non-hydrogen) atoms. The summed E-state index contributed by atoms with van der Waals surface area (Å²) in [6.45, 7) is 8.48. The summed E-state index contributed by atoms with van der Waals surface area (Å²) in [6, 6.07) is 11.3. The van der Waals surface area contributed by atoms with Crippen LogP contribution in [-0.4, -0.2) is 93.8 Å². The highest BCUT2D eigenvalue weighted by Crippen LogP contribution is 2.38. The number of amides is 5. The van der Waals surface area contributed by atoms with Gasteiger partial charge in [0, 0.05) is 57.0 Å². The number of nitrogens with zero attached hydrogens (tertiary/aromatic N) is 5. The number of aromatic nitrogens is 2. The number of piperidine rings is 3. The van der Waals surface area contributed by atoms with Crippen LogP contribution in [0.1, 0.15) is 94.4 Å². The average Bonchev–Trinajstić information content (AvgIpc) is 3.70. The van der Waals surface area contributed by atoms with Gasteiger partial charge in [0.05, 0.1) is 38.0 Å². The van der Waals surface area contributed by atoms with Crippen molar-refractivity contribution in [2.24, 2.45) is 13.0 Å². The number of carbonyl (C=O) groups excluding carboxylic acids is 5. The zero-order chi connectivity index (χ0) is 39.2. The molecule has 0 spiro atoms. The largest absolute Gasteiger partial charge is 0.490 e. The number of imide groups is 2. The second-order valence-corrected chi connectivity index (χ2v) is 16.6. The maximum atomic E-state index is 13.5. The Morgan fingerprint density at radius 2 is 1.70 bits per heavy atom. The highest BCUT2D eigenvalue weighted by atomic mass is 32.1. The van der Waals surface area contributed by atoms with Crippen molar-refractivity contribution in [2.75, 3.05) is 42.9 Å². The van der Waals surface area contributed by atoms with E-state index >= 15 is 0 Å². The van der Waals surface area contributed by atoms with E-state index in [1.807, 2.05) is 32.0 Å². The van der Waals surface area contributed by atoms with E-state index in [-0.39, 0.29) is 30.2 Å². The summed E-state index contributed by atoms with van der Waals surface area (Å²) in [5, 5.41) is 6.08. The second-order valence-electron chi connectivity index (χ2n) is 15.5. The predicted molar refractivity (Wildman–Crippen MR) is 211 cm³/mol. The Labute approximate surface area is 327 Å². The van der Waals surface area contributed by atoms with E-state index in [9.17, 15) is 28.8 Å². The van der Waals surface area contributed by atoms with Gasteiger partial charge in [-0.05, 0) is 101 Å². The third-order valence-electron chi connectivity index (χ3n) is 11.3. The summed E-state index contributed by atoms with van der Waals surface area (Å²) in [4.78, 5) is 87.4. The maximum Gasteiger partial charge on any atom is 0.274 e. The molecular formula is C41H45N7O7S. The van der Waals surface area contributed by atoms with E-state index in [2.05, 4.69) is 20.4 Å². The van der Waals surface area contributed by atoms with Crippen LogP contribution in [0, 0.1) is 5.92 Å². The molecule has 4 aromatic rings. The zero-order valence-electron chi connectivity index (χ0n) is 31.7. The molecule has 1 atom stereocenters. The third kappa shape index (κ3) is 7.32. The van der Waals surface area contributed by atoms with Gasteiger partial charge in [-0.25, -0.2) is 4.98 Å². The Bertz CT molecular complexity index is 2300. The van der Waals surface area contributed by atoms with Gasteiger partial charge in [-0.2, -0.15) is 0 Å². The Morgan fingerprint density at radius 1 is 0.946 bits per heavy atom. The molecule has 8 rings (SSSR count). The number of nitrogens with one attached hydrogen (secondary N) is 2. The minimum absolute atomic E-state index is 0.0895. The summed E-state index contributed by atoms with van der Waals surface area (Å²) in [5.74, 6) is -1.08. The van der Waals surface area contributed by atoms with E-state index in [0.717, 1.165) is 84.2 Å². The number of hydrogen-bond donors (Lipinski definition) is 2. The first-order valence-electron chi connectivity index (χ1n) is 19.3. The van der Waals surface area contributed by atoms with Gasteiger partial charge < -0.3 is 24.4 Å². The van der Waals surface area contributed by atoms with Crippen LogP contribution in [0.15, 0.2) is 53.5 Å². The smallest absolute Gasteiger partial charge is 0.274 e. The Hall–Kier alpha value is -5.41. The lowest BCUT2D eigenvalue weighted by Gasteiger charge is -2.38. The first kappa shape index (κ1) is 37.5. The van der Waals surface area contributed by atoms with Crippen molar-refractivity contribution in [3.05, 3.63) is 80.7 Å². The van der Waals surface area contributed by atoms with Crippen molar-refractivity contribution in [2.45, 2.75) is 70.4 Å². The number of aryl methyl sites for hydroxylation is 1. The van der Waals surface area contributed by atoms with Crippen molar-refractivity contribution in [3.8, 4) is 5.75 Å². The molecule has 3 saturated heterocycles. The van der Waals surface area contributed by atoms with Gasteiger partial charge in [-0.1, -0.05) is 0 Å². The molecule has 0 aliphatic carbocycles. The summed E-state index contributed by atoms with van der Waals surface area (Å²) < 4.78 is 8.38. The molecule has 0 radical (unpaired) electrons. The predicted octanol–water partition coefficient (Wildman–Crippen LogP) is 4.53. The molecule has 4 aliphatic rings. The molecule has 1 unspecified atom stereocenters. The number of rotatable bonds is 9. The number of likely N-dealkylation sites (tertiary alicyclic amines) is 1. The van der Waals surface area contributed by atoms with E-state index in [0.29, 0.717) is 34.3 Å².